The summed E-state index contributed by atoms with van der Waals surface area (Å²) in [5, 5.41) is 0. The molecule has 0 amide bonds. The minimum Gasteiger partial charge on any atom is -0.465 e. The second kappa shape index (κ2) is 6.10. The summed E-state index contributed by atoms with van der Waals surface area (Å²) in [5.74, 6) is 2.57. The molecule has 2 nitrogen and oxygen atoms in total. The van der Waals surface area contributed by atoms with Crippen molar-refractivity contribution in [3.05, 3.63) is 23.7 Å². The van der Waals surface area contributed by atoms with E-state index in [0.717, 1.165) is 24.4 Å². The number of aryl methyl sites for hydroxylation is 1. The number of nitrogens with two attached hydrogens (primary N) is 1. The van der Waals surface area contributed by atoms with Gasteiger partial charge in [0.1, 0.15) is 11.5 Å². The average molecular weight is 218 g/mol. The average Bonchev–Trinajstić information content (AvgIpc) is 2.47. The maximum Gasteiger partial charge on any atom is 0.120 e. The highest BCUT2D eigenvalue weighted by molar-refractivity contribution is 5.85. The van der Waals surface area contributed by atoms with Crippen molar-refractivity contribution in [3.8, 4) is 0 Å². The summed E-state index contributed by atoms with van der Waals surface area (Å²) >= 11 is 0. The highest BCUT2D eigenvalue weighted by Crippen LogP contribution is 2.20. The zero-order chi connectivity index (χ0) is 9.84. The summed E-state index contributed by atoms with van der Waals surface area (Å²) in [4.78, 5) is 0. The number of rotatable bonds is 4. The van der Waals surface area contributed by atoms with Crippen molar-refractivity contribution < 1.29 is 4.42 Å². The summed E-state index contributed by atoms with van der Waals surface area (Å²) < 4.78 is 5.45. The van der Waals surface area contributed by atoms with E-state index in [-0.39, 0.29) is 18.4 Å². The van der Waals surface area contributed by atoms with Gasteiger partial charge in [-0.05, 0) is 37.8 Å². The molecule has 0 spiro atoms. The molecule has 0 bridgehead atoms. The lowest BCUT2D eigenvalue weighted by Crippen LogP contribution is -2.10. The van der Waals surface area contributed by atoms with E-state index in [9.17, 15) is 0 Å². The van der Waals surface area contributed by atoms with Crippen molar-refractivity contribution in [2.45, 2.75) is 39.7 Å². The fourth-order valence-electron chi connectivity index (χ4n) is 1.31. The van der Waals surface area contributed by atoms with Crippen molar-refractivity contribution in [1.82, 2.24) is 0 Å². The van der Waals surface area contributed by atoms with E-state index in [1.54, 1.807) is 0 Å². The lowest BCUT2D eigenvalue weighted by Gasteiger charge is -2.10. The van der Waals surface area contributed by atoms with Gasteiger partial charge in [0.25, 0.3) is 0 Å². The van der Waals surface area contributed by atoms with Crippen LogP contribution in [0.1, 0.15) is 44.3 Å². The Bertz CT molecular complexity index is 258. The van der Waals surface area contributed by atoms with Crippen LogP contribution in [0.4, 0.5) is 0 Å². The van der Waals surface area contributed by atoms with Crippen LogP contribution in [0.15, 0.2) is 16.5 Å². The minimum absolute atomic E-state index is 0. The molecule has 1 atom stereocenters. The van der Waals surface area contributed by atoms with Gasteiger partial charge in [-0.1, -0.05) is 13.8 Å². The summed E-state index contributed by atoms with van der Waals surface area (Å²) in [5.41, 5.74) is 5.96. The molecule has 0 saturated carbocycles. The van der Waals surface area contributed by atoms with Gasteiger partial charge in [-0.3, -0.25) is 0 Å². The molecule has 0 fully saturated rings. The van der Waals surface area contributed by atoms with Crippen LogP contribution in [0.3, 0.4) is 0 Å². The van der Waals surface area contributed by atoms with E-state index >= 15 is 0 Å². The lowest BCUT2D eigenvalue weighted by molar-refractivity contribution is 0.412. The Hall–Kier alpha value is -0.470. The zero-order valence-electron chi connectivity index (χ0n) is 9.12. The summed E-state index contributed by atoms with van der Waals surface area (Å²) in [6.45, 7) is 6.36. The molecule has 1 aromatic rings. The highest BCUT2D eigenvalue weighted by atomic mass is 35.5. The Morgan fingerprint density at radius 3 is 2.36 bits per heavy atom. The first-order chi connectivity index (χ1) is 6.09. The predicted molar refractivity (Wildman–Crippen MR) is 61.7 cm³/mol. The Balaban J connectivity index is 0.00000169. The third-order valence-corrected chi connectivity index (χ3v) is 2.18. The molecule has 14 heavy (non-hydrogen) atoms. The molecule has 0 radical (unpaired) electrons. The minimum atomic E-state index is 0. The van der Waals surface area contributed by atoms with Crippen molar-refractivity contribution in [2.75, 3.05) is 0 Å². The van der Waals surface area contributed by atoms with Crippen molar-refractivity contribution in [3.63, 3.8) is 0 Å². The van der Waals surface area contributed by atoms with Gasteiger partial charge in [0.15, 0.2) is 0 Å². The standard InChI is InChI=1S/C11H19NO.ClH/c1-8(2)4-6-10(12)11-7-5-9(3)13-11;/h5,7-8,10H,4,6,12H2,1-3H3;1H. The normalized spacial score (nSPS) is 12.6. The van der Waals surface area contributed by atoms with Gasteiger partial charge in [0, 0.05) is 0 Å². The fourth-order valence-corrected chi connectivity index (χ4v) is 1.31. The van der Waals surface area contributed by atoms with E-state index in [1.165, 1.54) is 0 Å². The molecule has 1 aromatic heterocycles. The van der Waals surface area contributed by atoms with Crippen LogP contribution in [0, 0.1) is 12.8 Å². The molecule has 2 N–H and O–H groups in total. The Morgan fingerprint density at radius 1 is 1.29 bits per heavy atom. The van der Waals surface area contributed by atoms with E-state index in [1.807, 2.05) is 19.1 Å². The topological polar surface area (TPSA) is 39.2 Å². The van der Waals surface area contributed by atoms with Crippen LogP contribution >= 0.6 is 12.4 Å². The van der Waals surface area contributed by atoms with Gasteiger partial charge < -0.3 is 10.2 Å². The van der Waals surface area contributed by atoms with Crippen LogP contribution in [0.5, 0.6) is 0 Å². The number of furan rings is 1. The van der Waals surface area contributed by atoms with E-state index in [0.29, 0.717) is 5.92 Å². The Labute approximate surface area is 92.3 Å². The number of hydrogen-bond donors (Lipinski definition) is 1. The van der Waals surface area contributed by atoms with Crippen molar-refractivity contribution in [2.24, 2.45) is 11.7 Å². The first kappa shape index (κ1) is 13.5. The van der Waals surface area contributed by atoms with Gasteiger partial charge in [-0.25, -0.2) is 0 Å². The molecular weight excluding hydrogens is 198 g/mol. The summed E-state index contributed by atoms with van der Waals surface area (Å²) in [6, 6.07) is 4.00. The third-order valence-electron chi connectivity index (χ3n) is 2.18. The molecule has 0 saturated heterocycles. The molecule has 1 unspecified atom stereocenters. The van der Waals surface area contributed by atoms with Crippen LogP contribution in [-0.4, -0.2) is 0 Å². The van der Waals surface area contributed by atoms with Crippen LogP contribution < -0.4 is 5.73 Å². The first-order valence-corrected chi connectivity index (χ1v) is 4.91. The molecule has 0 aromatic carbocycles. The number of hydrogen-bond acceptors (Lipinski definition) is 2. The van der Waals surface area contributed by atoms with Gasteiger partial charge in [0.05, 0.1) is 6.04 Å². The summed E-state index contributed by atoms with van der Waals surface area (Å²) in [7, 11) is 0. The highest BCUT2D eigenvalue weighted by Gasteiger charge is 2.10. The summed E-state index contributed by atoms with van der Waals surface area (Å²) in [6.07, 6.45) is 2.16. The largest absolute Gasteiger partial charge is 0.465 e. The SMILES string of the molecule is Cc1ccc(C(N)CCC(C)C)o1.Cl. The molecule has 1 rings (SSSR count). The molecular formula is C11H20ClNO. The number of halogens is 1. The third kappa shape index (κ3) is 4.16. The van der Waals surface area contributed by atoms with Gasteiger partial charge in [-0.2, -0.15) is 0 Å². The monoisotopic (exact) mass is 217 g/mol. The molecule has 0 aliphatic rings. The molecule has 3 heteroatoms. The first-order valence-electron chi connectivity index (χ1n) is 4.91. The lowest BCUT2D eigenvalue weighted by atomic mass is 10.0. The molecule has 1 heterocycles. The van der Waals surface area contributed by atoms with Crippen LogP contribution in [0.25, 0.3) is 0 Å². The van der Waals surface area contributed by atoms with Crippen molar-refractivity contribution in [1.29, 1.82) is 0 Å². The van der Waals surface area contributed by atoms with E-state index in [2.05, 4.69) is 13.8 Å². The van der Waals surface area contributed by atoms with Crippen LogP contribution in [0.2, 0.25) is 0 Å². The second-order valence-corrected chi connectivity index (χ2v) is 4.03. The Morgan fingerprint density at radius 2 is 1.93 bits per heavy atom. The zero-order valence-corrected chi connectivity index (χ0v) is 9.93. The van der Waals surface area contributed by atoms with Gasteiger partial charge in [0.2, 0.25) is 0 Å². The molecule has 0 aliphatic heterocycles. The fraction of sp³-hybridized carbons (Fsp3) is 0.636. The maximum absolute atomic E-state index is 5.96. The quantitative estimate of drug-likeness (QED) is 0.839. The van der Waals surface area contributed by atoms with Crippen LogP contribution in [-0.2, 0) is 0 Å². The van der Waals surface area contributed by atoms with Gasteiger partial charge in [-0.15, -0.1) is 12.4 Å². The van der Waals surface area contributed by atoms with E-state index < -0.39 is 0 Å². The second-order valence-electron chi connectivity index (χ2n) is 4.03. The van der Waals surface area contributed by atoms with E-state index in [4.69, 9.17) is 10.2 Å². The molecule has 82 valence electrons. The Kier molecular flexibility index (Phi) is 5.89. The van der Waals surface area contributed by atoms with Crippen molar-refractivity contribution >= 4 is 12.4 Å². The van der Waals surface area contributed by atoms with Gasteiger partial charge >= 0.3 is 0 Å². The molecule has 0 aliphatic carbocycles. The predicted octanol–water partition coefficient (Wildman–Crippen LogP) is 3.45. The smallest absolute Gasteiger partial charge is 0.120 e. The maximum atomic E-state index is 5.96.